The minimum absolute atomic E-state index is 0.0140. The first-order valence-electron chi connectivity index (χ1n) is 6.59. The second-order valence-electron chi connectivity index (χ2n) is 4.90. The number of nitrogens with zero attached hydrogens (tertiary/aromatic N) is 1. The summed E-state index contributed by atoms with van der Waals surface area (Å²) < 4.78 is 5.76. The van der Waals surface area contributed by atoms with Crippen molar-refractivity contribution >= 4 is 6.03 Å². The van der Waals surface area contributed by atoms with Gasteiger partial charge in [-0.05, 0) is 19.9 Å². The van der Waals surface area contributed by atoms with Gasteiger partial charge in [-0.2, -0.15) is 0 Å². The molecule has 0 aliphatic carbocycles. The predicted molar refractivity (Wildman–Crippen MR) is 74.2 cm³/mol. The summed E-state index contributed by atoms with van der Waals surface area (Å²) in [6, 6.07) is 5.91. The summed E-state index contributed by atoms with van der Waals surface area (Å²) in [5.74, 6) is 0.806. The lowest BCUT2D eigenvalue weighted by Crippen LogP contribution is -2.32. The molecule has 1 aliphatic rings. The van der Waals surface area contributed by atoms with E-state index in [1.54, 1.807) is 4.90 Å². The van der Waals surface area contributed by atoms with Crippen LogP contribution in [0.1, 0.15) is 24.1 Å². The van der Waals surface area contributed by atoms with Gasteiger partial charge in [0.15, 0.2) is 0 Å². The number of nitrogens with two attached hydrogens (primary N) is 1. The number of rotatable bonds is 5. The number of hydrogen-bond donors (Lipinski definition) is 2. The lowest BCUT2D eigenvalue weighted by Gasteiger charge is -2.17. The van der Waals surface area contributed by atoms with Crippen LogP contribution in [0.3, 0.4) is 0 Å². The standard InChI is InChI=1S/C14H21N3O2/c1-10-3-4-13(12(9-10)11(2)15)19-8-7-17-6-5-16-14(17)18/h3-4,9,11H,5-8,15H2,1-2H3,(H,16,18)/t11-/m0/s1. The summed E-state index contributed by atoms with van der Waals surface area (Å²) >= 11 is 0. The van der Waals surface area contributed by atoms with Crippen molar-refractivity contribution < 1.29 is 9.53 Å². The van der Waals surface area contributed by atoms with Crippen LogP contribution in [-0.2, 0) is 0 Å². The topological polar surface area (TPSA) is 67.6 Å². The van der Waals surface area contributed by atoms with E-state index in [4.69, 9.17) is 10.5 Å². The normalized spacial score (nSPS) is 16.4. The Morgan fingerprint density at radius 3 is 2.95 bits per heavy atom. The molecule has 0 spiro atoms. The van der Waals surface area contributed by atoms with E-state index in [2.05, 4.69) is 5.32 Å². The van der Waals surface area contributed by atoms with E-state index in [1.807, 2.05) is 32.0 Å². The average molecular weight is 263 g/mol. The fourth-order valence-electron chi connectivity index (χ4n) is 2.15. The lowest BCUT2D eigenvalue weighted by atomic mass is 10.1. The molecular weight excluding hydrogens is 242 g/mol. The fourth-order valence-corrected chi connectivity index (χ4v) is 2.15. The molecule has 104 valence electrons. The molecule has 2 rings (SSSR count). The zero-order valence-corrected chi connectivity index (χ0v) is 11.5. The molecule has 0 unspecified atom stereocenters. The van der Waals surface area contributed by atoms with E-state index >= 15 is 0 Å². The number of ether oxygens (including phenoxy) is 1. The van der Waals surface area contributed by atoms with E-state index in [1.165, 1.54) is 5.56 Å². The maximum atomic E-state index is 11.4. The molecule has 0 bridgehead atoms. The maximum Gasteiger partial charge on any atom is 0.317 e. The maximum absolute atomic E-state index is 11.4. The van der Waals surface area contributed by atoms with Crippen LogP contribution in [0.2, 0.25) is 0 Å². The van der Waals surface area contributed by atoms with Crippen molar-refractivity contribution in [3.05, 3.63) is 29.3 Å². The summed E-state index contributed by atoms with van der Waals surface area (Å²) in [5.41, 5.74) is 8.12. The summed E-state index contributed by atoms with van der Waals surface area (Å²) in [7, 11) is 0. The summed E-state index contributed by atoms with van der Waals surface area (Å²) in [6.07, 6.45) is 0. The second kappa shape index (κ2) is 5.93. The minimum atomic E-state index is -0.0648. The molecule has 5 heteroatoms. The Kier molecular flexibility index (Phi) is 4.27. The van der Waals surface area contributed by atoms with Gasteiger partial charge in [-0.15, -0.1) is 0 Å². The Morgan fingerprint density at radius 2 is 2.32 bits per heavy atom. The fraction of sp³-hybridized carbons (Fsp3) is 0.500. The van der Waals surface area contributed by atoms with Crippen LogP contribution in [0, 0.1) is 6.92 Å². The van der Waals surface area contributed by atoms with Gasteiger partial charge in [0, 0.05) is 24.7 Å². The first-order valence-corrected chi connectivity index (χ1v) is 6.59. The van der Waals surface area contributed by atoms with Gasteiger partial charge in [0.1, 0.15) is 12.4 Å². The number of nitrogens with one attached hydrogen (secondary N) is 1. The lowest BCUT2D eigenvalue weighted by molar-refractivity contribution is 0.202. The first kappa shape index (κ1) is 13.7. The third-order valence-corrected chi connectivity index (χ3v) is 3.22. The van der Waals surface area contributed by atoms with E-state index in [0.29, 0.717) is 19.7 Å². The smallest absolute Gasteiger partial charge is 0.317 e. The van der Waals surface area contributed by atoms with Gasteiger partial charge in [-0.25, -0.2) is 4.79 Å². The van der Waals surface area contributed by atoms with E-state index in [0.717, 1.165) is 17.9 Å². The molecule has 2 amide bonds. The van der Waals surface area contributed by atoms with Crippen LogP contribution in [-0.4, -0.2) is 37.2 Å². The van der Waals surface area contributed by atoms with E-state index in [9.17, 15) is 4.79 Å². The third kappa shape index (κ3) is 3.38. The van der Waals surface area contributed by atoms with Crippen LogP contribution in [0.5, 0.6) is 5.75 Å². The third-order valence-electron chi connectivity index (χ3n) is 3.22. The minimum Gasteiger partial charge on any atom is -0.491 e. The number of benzene rings is 1. The number of carbonyl (C=O) groups is 1. The average Bonchev–Trinajstić information content (AvgIpc) is 2.77. The predicted octanol–water partition coefficient (Wildman–Crippen LogP) is 1.42. The number of amides is 2. The molecule has 1 aromatic rings. The molecule has 1 heterocycles. The first-order chi connectivity index (χ1) is 9.08. The molecule has 0 aromatic heterocycles. The Hall–Kier alpha value is -1.75. The summed E-state index contributed by atoms with van der Waals surface area (Å²) in [6.45, 7) is 6.51. The monoisotopic (exact) mass is 263 g/mol. The zero-order valence-electron chi connectivity index (χ0n) is 11.5. The Balaban J connectivity index is 1.93. The van der Waals surface area contributed by atoms with Crippen molar-refractivity contribution in [2.24, 2.45) is 5.73 Å². The largest absolute Gasteiger partial charge is 0.491 e. The van der Waals surface area contributed by atoms with E-state index in [-0.39, 0.29) is 12.1 Å². The highest BCUT2D eigenvalue weighted by molar-refractivity contribution is 5.76. The number of hydrogen-bond acceptors (Lipinski definition) is 3. The van der Waals surface area contributed by atoms with Crippen molar-refractivity contribution in [1.82, 2.24) is 10.2 Å². The van der Waals surface area contributed by atoms with Crippen LogP contribution in [0.25, 0.3) is 0 Å². The molecule has 0 radical (unpaired) electrons. The van der Waals surface area contributed by atoms with E-state index < -0.39 is 0 Å². The molecular formula is C14H21N3O2. The van der Waals surface area contributed by atoms with Crippen LogP contribution in [0.15, 0.2) is 18.2 Å². The molecule has 5 nitrogen and oxygen atoms in total. The van der Waals surface area contributed by atoms with Crippen LogP contribution < -0.4 is 15.8 Å². The number of urea groups is 1. The molecule has 1 saturated heterocycles. The van der Waals surface area contributed by atoms with Crippen LogP contribution >= 0.6 is 0 Å². The highest BCUT2D eigenvalue weighted by Gasteiger charge is 2.19. The van der Waals surface area contributed by atoms with Crippen LogP contribution in [0.4, 0.5) is 4.79 Å². The number of carbonyl (C=O) groups excluding carboxylic acids is 1. The van der Waals surface area contributed by atoms with Crippen molar-refractivity contribution in [2.45, 2.75) is 19.9 Å². The van der Waals surface area contributed by atoms with Crippen molar-refractivity contribution in [3.63, 3.8) is 0 Å². The van der Waals surface area contributed by atoms with Gasteiger partial charge in [0.05, 0.1) is 6.54 Å². The highest BCUT2D eigenvalue weighted by Crippen LogP contribution is 2.24. The van der Waals surface area contributed by atoms with Crippen molar-refractivity contribution in [1.29, 1.82) is 0 Å². The number of aryl methyl sites for hydroxylation is 1. The Labute approximate surface area is 113 Å². The van der Waals surface area contributed by atoms with Gasteiger partial charge in [0.25, 0.3) is 0 Å². The molecule has 1 atom stereocenters. The zero-order chi connectivity index (χ0) is 13.8. The van der Waals surface area contributed by atoms with Gasteiger partial charge < -0.3 is 20.7 Å². The summed E-state index contributed by atoms with van der Waals surface area (Å²) in [4.78, 5) is 13.1. The molecule has 1 aliphatic heterocycles. The van der Waals surface area contributed by atoms with Gasteiger partial charge in [0.2, 0.25) is 0 Å². The van der Waals surface area contributed by atoms with Crippen molar-refractivity contribution in [2.75, 3.05) is 26.2 Å². The molecule has 19 heavy (non-hydrogen) atoms. The SMILES string of the molecule is Cc1ccc(OCCN2CCNC2=O)c([C@H](C)N)c1. The molecule has 0 saturated carbocycles. The quantitative estimate of drug-likeness (QED) is 0.844. The molecule has 1 fully saturated rings. The molecule has 1 aromatic carbocycles. The Morgan fingerprint density at radius 1 is 1.53 bits per heavy atom. The van der Waals surface area contributed by atoms with Gasteiger partial charge in [-0.3, -0.25) is 0 Å². The Bertz CT molecular complexity index is 460. The van der Waals surface area contributed by atoms with Gasteiger partial charge >= 0.3 is 6.03 Å². The van der Waals surface area contributed by atoms with Crippen molar-refractivity contribution in [3.8, 4) is 5.75 Å². The summed E-state index contributed by atoms with van der Waals surface area (Å²) in [5, 5.41) is 2.77. The van der Waals surface area contributed by atoms with Gasteiger partial charge in [-0.1, -0.05) is 17.7 Å². The highest BCUT2D eigenvalue weighted by atomic mass is 16.5. The second-order valence-corrected chi connectivity index (χ2v) is 4.90. The molecule has 3 N–H and O–H groups in total.